The van der Waals surface area contributed by atoms with Crippen LogP contribution in [0, 0.1) is 0 Å². The van der Waals surface area contributed by atoms with Crippen molar-refractivity contribution < 1.29 is 9.90 Å². The molecule has 0 bridgehead atoms. The van der Waals surface area contributed by atoms with E-state index in [9.17, 15) is 4.79 Å². The second kappa shape index (κ2) is 10.6. The smallest absolute Gasteiger partial charge is 0.335 e. The van der Waals surface area contributed by atoms with E-state index >= 15 is 0 Å². The first-order chi connectivity index (χ1) is 14.4. The third-order valence-electron chi connectivity index (χ3n) is 4.47. The zero-order valence-electron chi connectivity index (χ0n) is 16.3. The number of hydrogen-bond donors (Lipinski definition) is 2. The number of thioether (sulfide) groups is 1. The number of nitrogens with one attached hydrogen (secondary N) is 1. The normalized spacial score (nSPS) is 10.5. The van der Waals surface area contributed by atoms with Gasteiger partial charge in [0.1, 0.15) is 0 Å². The first-order valence-corrected chi connectivity index (χ1v) is 11.6. The second-order valence-electron chi connectivity index (χ2n) is 6.65. The van der Waals surface area contributed by atoms with Crippen LogP contribution in [-0.2, 0) is 13.1 Å². The molecule has 7 heteroatoms. The molecule has 3 aromatic rings. The monoisotopic (exact) mass is 500 g/mol. The summed E-state index contributed by atoms with van der Waals surface area (Å²) in [5.74, 6) is -0.931. The van der Waals surface area contributed by atoms with E-state index in [-0.39, 0.29) is 5.56 Å². The molecule has 0 fully saturated rings. The summed E-state index contributed by atoms with van der Waals surface area (Å²) in [6.45, 7) is 1.19. The number of rotatable bonds is 7. The number of halogens is 1. The summed E-state index contributed by atoms with van der Waals surface area (Å²) in [6, 6.07) is 23.1. The van der Waals surface area contributed by atoms with E-state index in [2.05, 4.69) is 50.4 Å². The Bertz CT molecular complexity index is 1020. The van der Waals surface area contributed by atoms with Gasteiger partial charge in [-0.25, -0.2) is 4.79 Å². The van der Waals surface area contributed by atoms with Crippen molar-refractivity contribution in [2.45, 2.75) is 18.0 Å². The van der Waals surface area contributed by atoms with E-state index in [1.807, 2.05) is 42.7 Å². The summed E-state index contributed by atoms with van der Waals surface area (Å²) in [5, 5.41) is 13.1. The molecule has 0 aliphatic heterocycles. The van der Waals surface area contributed by atoms with Crippen LogP contribution in [0.2, 0.25) is 0 Å². The Morgan fingerprint density at radius 2 is 1.63 bits per heavy atom. The molecule has 4 nitrogen and oxygen atoms in total. The highest BCUT2D eigenvalue weighted by Crippen LogP contribution is 2.21. The Kier molecular flexibility index (Phi) is 7.90. The van der Waals surface area contributed by atoms with Crippen molar-refractivity contribution in [1.82, 2.24) is 4.90 Å². The minimum Gasteiger partial charge on any atom is -0.478 e. The van der Waals surface area contributed by atoms with Gasteiger partial charge in [0.2, 0.25) is 0 Å². The van der Waals surface area contributed by atoms with Gasteiger partial charge >= 0.3 is 5.97 Å². The van der Waals surface area contributed by atoms with Crippen molar-refractivity contribution in [3.8, 4) is 0 Å². The van der Waals surface area contributed by atoms with Crippen LogP contribution in [0.1, 0.15) is 21.5 Å². The number of carbonyl (C=O) groups is 1. The van der Waals surface area contributed by atoms with E-state index in [0.717, 1.165) is 26.2 Å². The third kappa shape index (κ3) is 6.32. The maximum absolute atomic E-state index is 11.1. The first kappa shape index (κ1) is 22.3. The highest BCUT2D eigenvalue weighted by atomic mass is 79.9. The third-order valence-corrected chi connectivity index (χ3v) is 6.08. The second-order valence-corrected chi connectivity index (χ2v) is 8.83. The summed E-state index contributed by atoms with van der Waals surface area (Å²) in [5.41, 5.74) is 3.32. The van der Waals surface area contributed by atoms with Crippen molar-refractivity contribution in [2.24, 2.45) is 0 Å². The fourth-order valence-electron chi connectivity index (χ4n) is 2.89. The van der Waals surface area contributed by atoms with Gasteiger partial charge in [-0.15, -0.1) is 11.8 Å². The largest absolute Gasteiger partial charge is 0.478 e. The van der Waals surface area contributed by atoms with Gasteiger partial charge in [-0.3, -0.25) is 0 Å². The van der Waals surface area contributed by atoms with E-state index in [1.165, 1.54) is 0 Å². The highest BCUT2D eigenvalue weighted by Gasteiger charge is 2.13. The standard InChI is InChI=1S/C23H21BrN2O2S2/c1-30-21-4-2-3-20(13-21)25-23(29)26(15-17-7-11-19(24)12-8-17)14-16-5-9-18(10-6-16)22(27)28/h2-13H,14-15H2,1H3,(H,25,29)(H,27,28). The van der Waals surface area contributed by atoms with E-state index < -0.39 is 5.97 Å². The number of thiocarbonyl (C=S) groups is 1. The fourth-order valence-corrected chi connectivity index (χ4v) is 3.86. The molecule has 0 amide bonds. The minimum absolute atomic E-state index is 0.271. The van der Waals surface area contributed by atoms with E-state index in [4.69, 9.17) is 17.3 Å². The number of carboxylic acids is 1. The topological polar surface area (TPSA) is 52.6 Å². The molecule has 0 aliphatic carbocycles. The Morgan fingerprint density at radius 1 is 1.03 bits per heavy atom. The molecular weight excluding hydrogens is 480 g/mol. The van der Waals surface area contributed by atoms with Crippen LogP contribution < -0.4 is 5.32 Å². The number of nitrogens with zero attached hydrogens (tertiary/aromatic N) is 1. The molecular formula is C23H21BrN2O2S2. The average molecular weight is 501 g/mol. The van der Waals surface area contributed by atoms with Crippen LogP contribution in [-0.4, -0.2) is 27.3 Å². The number of hydrogen-bond acceptors (Lipinski definition) is 3. The van der Waals surface area contributed by atoms with Crippen molar-refractivity contribution in [3.63, 3.8) is 0 Å². The van der Waals surface area contributed by atoms with Gasteiger partial charge in [0.15, 0.2) is 5.11 Å². The molecule has 0 saturated heterocycles. The molecule has 0 heterocycles. The summed E-state index contributed by atoms with van der Waals surface area (Å²) in [4.78, 5) is 14.3. The molecule has 0 spiro atoms. The van der Waals surface area contributed by atoms with Gasteiger partial charge in [-0.05, 0) is 72.1 Å². The lowest BCUT2D eigenvalue weighted by Gasteiger charge is -2.26. The molecule has 0 atom stereocenters. The predicted molar refractivity (Wildman–Crippen MR) is 131 cm³/mol. The van der Waals surface area contributed by atoms with E-state index in [0.29, 0.717) is 18.2 Å². The summed E-state index contributed by atoms with van der Waals surface area (Å²) in [7, 11) is 0. The molecule has 0 aromatic heterocycles. The van der Waals surface area contributed by atoms with Crippen molar-refractivity contribution >= 4 is 56.7 Å². The van der Waals surface area contributed by atoms with Gasteiger partial charge in [-0.2, -0.15) is 0 Å². The van der Waals surface area contributed by atoms with Crippen LogP contribution in [0.15, 0.2) is 82.2 Å². The molecule has 2 N–H and O–H groups in total. The van der Waals surface area contributed by atoms with Crippen molar-refractivity contribution in [1.29, 1.82) is 0 Å². The molecule has 0 radical (unpaired) electrons. The van der Waals surface area contributed by atoms with Crippen LogP contribution in [0.25, 0.3) is 0 Å². The number of benzene rings is 3. The Morgan fingerprint density at radius 3 is 2.20 bits per heavy atom. The van der Waals surface area contributed by atoms with Gasteiger partial charge in [-0.1, -0.05) is 46.3 Å². The van der Waals surface area contributed by atoms with Gasteiger partial charge in [0.25, 0.3) is 0 Å². The first-order valence-electron chi connectivity index (χ1n) is 9.21. The van der Waals surface area contributed by atoms with Gasteiger partial charge in [0, 0.05) is 28.1 Å². The molecule has 3 rings (SSSR count). The molecule has 0 saturated carbocycles. The number of carboxylic acid groups (broad SMARTS) is 1. The molecule has 0 unspecified atom stereocenters. The fraction of sp³-hybridized carbons (Fsp3) is 0.130. The molecule has 154 valence electrons. The summed E-state index contributed by atoms with van der Waals surface area (Å²) in [6.07, 6.45) is 2.04. The van der Waals surface area contributed by atoms with Gasteiger partial charge in [0.05, 0.1) is 5.56 Å². The lowest BCUT2D eigenvalue weighted by atomic mass is 10.1. The van der Waals surface area contributed by atoms with Crippen LogP contribution in [0.5, 0.6) is 0 Å². The lowest BCUT2D eigenvalue weighted by Crippen LogP contribution is -2.33. The lowest BCUT2D eigenvalue weighted by molar-refractivity contribution is 0.0697. The van der Waals surface area contributed by atoms with Gasteiger partial charge < -0.3 is 15.3 Å². The SMILES string of the molecule is CSc1cccc(NC(=S)N(Cc2ccc(Br)cc2)Cc2ccc(C(=O)O)cc2)c1. The Hall–Kier alpha value is -2.35. The van der Waals surface area contributed by atoms with Crippen molar-refractivity contribution in [2.75, 3.05) is 11.6 Å². The Labute approximate surface area is 194 Å². The number of anilines is 1. The molecule has 0 aliphatic rings. The number of aromatic carboxylic acids is 1. The minimum atomic E-state index is -0.931. The zero-order chi connectivity index (χ0) is 21.5. The van der Waals surface area contributed by atoms with Crippen LogP contribution in [0.3, 0.4) is 0 Å². The molecule has 30 heavy (non-hydrogen) atoms. The maximum atomic E-state index is 11.1. The van der Waals surface area contributed by atoms with Crippen LogP contribution >= 0.6 is 39.9 Å². The average Bonchev–Trinajstić information content (AvgIpc) is 2.75. The van der Waals surface area contributed by atoms with E-state index in [1.54, 1.807) is 23.9 Å². The summed E-state index contributed by atoms with van der Waals surface area (Å²) < 4.78 is 1.02. The zero-order valence-corrected chi connectivity index (χ0v) is 19.6. The Balaban J connectivity index is 1.80. The highest BCUT2D eigenvalue weighted by molar-refractivity contribution is 9.10. The summed E-state index contributed by atoms with van der Waals surface area (Å²) >= 11 is 10.9. The molecule has 3 aromatic carbocycles. The quantitative estimate of drug-likeness (QED) is 0.294. The van der Waals surface area contributed by atoms with Crippen molar-refractivity contribution in [3.05, 3.63) is 94.0 Å². The van der Waals surface area contributed by atoms with Crippen LogP contribution in [0.4, 0.5) is 5.69 Å². The predicted octanol–water partition coefficient (Wildman–Crippen LogP) is 6.27. The maximum Gasteiger partial charge on any atom is 0.335 e.